The van der Waals surface area contributed by atoms with Gasteiger partial charge < -0.3 is 10.2 Å². The molecule has 7 nitrogen and oxygen atoms in total. The van der Waals surface area contributed by atoms with Crippen LogP contribution in [0, 0.1) is 10.1 Å². The zero-order valence-electron chi connectivity index (χ0n) is 12.7. The van der Waals surface area contributed by atoms with Crippen LogP contribution in [-0.4, -0.2) is 35.2 Å². The number of nitro benzene ring substituents is 1. The van der Waals surface area contributed by atoms with Gasteiger partial charge in [0.05, 0.1) is 20.1 Å². The van der Waals surface area contributed by atoms with Gasteiger partial charge in [0.25, 0.3) is 11.6 Å². The van der Waals surface area contributed by atoms with Gasteiger partial charge in [0.1, 0.15) is 0 Å². The van der Waals surface area contributed by atoms with Crippen molar-refractivity contribution in [2.24, 2.45) is 0 Å². The highest BCUT2D eigenvalue weighted by Gasteiger charge is 2.16. The van der Waals surface area contributed by atoms with Gasteiger partial charge in [0, 0.05) is 25.7 Å². The minimum atomic E-state index is -0.480. The Morgan fingerprint density at radius 3 is 2.46 bits per heavy atom. The van der Waals surface area contributed by atoms with Crippen molar-refractivity contribution in [3.8, 4) is 0 Å². The smallest absolute Gasteiger partial charge is 0.269 e. The van der Waals surface area contributed by atoms with E-state index in [9.17, 15) is 19.7 Å². The summed E-state index contributed by atoms with van der Waals surface area (Å²) in [5.74, 6) is -0.531. The highest BCUT2D eigenvalue weighted by Crippen LogP contribution is 2.22. The number of carbonyl (C=O) groups excluding carboxylic acids is 2. The van der Waals surface area contributed by atoms with Crippen molar-refractivity contribution in [1.82, 2.24) is 10.2 Å². The summed E-state index contributed by atoms with van der Waals surface area (Å²) in [5, 5.41) is 13.3. The maximum Gasteiger partial charge on any atom is 0.269 e. The lowest BCUT2D eigenvalue weighted by Crippen LogP contribution is -2.37. The second-order valence-corrected chi connectivity index (χ2v) is 7.43. The third-order valence-electron chi connectivity index (χ3n) is 3.15. The molecule has 0 atom stereocenters. The van der Waals surface area contributed by atoms with E-state index in [0.29, 0.717) is 4.88 Å². The molecule has 9 heteroatoms. The number of nitro groups is 1. The molecule has 0 bridgehead atoms. The number of benzene rings is 1. The van der Waals surface area contributed by atoms with E-state index in [1.165, 1.54) is 28.4 Å². The van der Waals surface area contributed by atoms with Crippen molar-refractivity contribution in [1.29, 1.82) is 0 Å². The van der Waals surface area contributed by atoms with Crippen LogP contribution in [-0.2, 0) is 11.3 Å². The molecule has 2 rings (SSSR count). The summed E-state index contributed by atoms with van der Waals surface area (Å²) in [6.45, 7) is 0.171. The first-order valence-corrected chi connectivity index (χ1v) is 8.48. The number of hydrogen-bond acceptors (Lipinski definition) is 5. The number of nitrogens with zero attached hydrogens (tertiary/aromatic N) is 2. The molecule has 0 aliphatic rings. The van der Waals surface area contributed by atoms with Crippen molar-refractivity contribution in [3.63, 3.8) is 0 Å². The summed E-state index contributed by atoms with van der Waals surface area (Å²) in [7, 11) is 1.56. The molecule has 1 N–H and O–H groups in total. The van der Waals surface area contributed by atoms with E-state index in [0.717, 1.165) is 9.35 Å². The molecular weight excluding hydrogens is 398 g/mol. The monoisotopic (exact) mass is 411 g/mol. The second kappa shape index (κ2) is 8.02. The maximum atomic E-state index is 12.1. The molecule has 0 spiro atoms. The number of non-ortho nitro benzene ring substituents is 1. The van der Waals surface area contributed by atoms with Crippen molar-refractivity contribution in [3.05, 3.63) is 60.7 Å². The van der Waals surface area contributed by atoms with E-state index in [-0.39, 0.29) is 30.6 Å². The molecule has 126 valence electrons. The third-order valence-corrected chi connectivity index (χ3v) is 4.76. The van der Waals surface area contributed by atoms with Gasteiger partial charge in [-0.2, -0.15) is 0 Å². The standard InChI is InChI=1S/C15H14BrN3O4S/c1-18(15(21)12-6-7-13(16)24-12)9-14(20)17-8-10-2-4-11(5-3-10)19(22)23/h2-7H,8-9H2,1H3,(H,17,20). The lowest BCUT2D eigenvalue weighted by atomic mass is 10.2. The first kappa shape index (κ1) is 18.1. The zero-order chi connectivity index (χ0) is 17.7. The molecule has 0 aliphatic heterocycles. The van der Waals surface area contributed by atoms with E-state index in [4.69, 9.17) is 0 Å². The van der Waals surface area contributed by atoms with E-state index in [1.54, 1.807) is 31.3 Å². The molecule has 1 heterocycles. The average Bonchev–Trinajstić information content (AvgIpc) is 2.99. The van der Waals surface area contributed by atoms with Gasteiger partial charge in [-0.3, -0.25) is 19.7 Å². The van der Waals surface area contributed by atoms with Crippen LogP contribution in [0.3, 0.4) is 0 Å². The summed E-state index contributed by atoms with van der Waals surface area (Å²) >= 11 is 4.60. The Morgan fingerprint density at radius 1 is 1.25 bits per heavy atom. The minimum absolute atomic E-state index is 0.00230. The summed E-state index contributed by atoms with van der Waals surface area (Å²) in [6, 6.07) is 9.40. The SMILES string of the molecule is CN(CC(=O)NCc1ccc([N+](=O)[O-])cc1)C(=O)c1ccc(Br)s1. The van der Waals surface area contributed by atoms with Gasteiger partial charge in [-0.15, -0.1) is 11.3 Å². The van der Waals surface area contributed by atoms with Crippen molar-refractivity contribution in [2.75, 3.05) is 13.6 Å². The van der Waals surface area contributed by atoms with Crippen LogP contribution in [0.1, 0.15) is 15.2 Å². The Hall–Kier alpha value is -2.26. The molecular formula is C15H14BrN3O4S. The fourth-order valence-corrected chi connectivity index (χ4v) is 3.28. The number of likely N-dealkylation sites (N-methyl/N-ethyl adjacent to an activating group) is 1. The quantitative estimate of drug-likeness (QED) is 0.584. The highest BCUT2D eigenvalue weighted by atomic mass is 79.9. The third kappa shape index (κ3) is 4.87. The molecule has 1 aromatic carbocycles. The molecule has 1 aromatic heterocycles. The highest BCUT2D eigenvalue weighted by molar-refractivity contribution is 9.11. The van der Waals surface area contributed by atoms with Gasteiger partial charge in [-0.1, -0.05) is 12.1 Å². The molecule has 2 aromatic rings. The number of carbonyl (C=O) groups is 2. The zero-order valence-corrected chi connectivity index (χ0v) is 15.1. The number of hydrogen-bond donors (Lipinski definition) is 1. The lowest BCUT2D eigenvalue weighted by molar-refractivity contribution is -0.384. The normalized spacial score (nSPS) is 10.2. The summed E-state index contributed by atoms with van der Waals surface area (Å²) in [4.78, 5) is 36.0. The molecule has 0 saturated heterocycles. The lowest BCUT2D eigenvalue weighted by Gasteiger charge is -2.15. The Bertz CT molecular complexity index is 760. The number of amides is 2. The Morgan fingerprint density at radius 2 is 1.92 bits per heavy atom. The number of halogens is 1. The molecule has 0 saturated carbocycles. The van der Waals surface area contributed by atoms with Crippen molar-refractivity contribution in [2.45, 2.75) is 6.54 Å². The van der Waals surface area contributed by atoms with E-state index >= 15 is 0 Å². The predicted octanol–water partition coefficient (Wildman–Crippen LogP) is 2.81. The van der Waals surface area contributed by atoms with E-state index in [2.05, 4.69) is 21.2 Å². The average molecular weight is 412 g/mol. The van der Waals surface area contributed by atoms with Gasteiger partial charge in [-0.05, 0) is 33.6 Å². The van der Waals surface area contributed by atoms with Gasteiger partial charge >= 0.3 is 0 Å². The summed E-state index contributed by atoms with van der Waals surface area (Å²) in [6.07, 6.45) is 0. The molecule has 0 radical (unpaired) electrons. The Balaban J connectivity index is 1.84. The minimum Gasteiger partial charge on any atom is -0.350 e. The predicted molar refractivity (Wildman–Crippen MR) is 93.9 cm³/mol. The van der Waals surface area contributed by atoms with Gasteiger partial charge in [0.15, 0.2) is 0 Å². The summed E-state index contributed by atoms with van der Waals surface area (Å²) < 4.78 is 0.849. The van der Waals surface area contributed by atoms with Gasteiger partial charge in [-0.25, -0.2) is 0 Å². The fourth-order valence-electron chi connectivity index (χ4n) is 1.90. The number of nitrogens with one attached hydrogen (secondary N) is 1. The summed E-state index contributed by atoms with van der Waals surface area (Å²) in [5.41, 5.74) is 0.739. The molecule has 0 fully saturated rings. The largest absolute Gasteiger partial charge is 0.350 e. The molecule has 0 unspecified atom stereocenters. The van der Waals surface area contributed by atoms with Crippen LogP contribution in [0.25, 0.3) is 0 Å². The van der Waals surface area contributed by atoms with Crippen molar-refractivity contribution < 1.29 is 14.5 Å². The van der Waals surface area contributed by atoms with Gasteiger partial charge in [0.2, 0.25) is 5.91 Å². The first-order valence-electron chi connectivity index (χ1n) is 6.87. The van der Waals surface area contributed by atoms with Crippen LogP contribution >= 0.6 is 27.3 Å². The number of rotatable bonds is 6. The van der Waals surface area contributed by atoms with Crippen LogP contribution < -0.4 is 5.32 Å². The number of thiophene rings is 1. The molecule has 2 amide bonds. The fraction of sp³-hybridized carbons (Fsp3) is 0.200. The van der Waals surface area contributed by atoms with Crippen LogP contribution in [0.15, 0.2) is 40.2 Å². The van der Waals surface area contributed by atoms with E-state index < -0.39 is 4.92 Å². The van der Waals surface area contributed by atoms with Crippen LogP contribution in [0.4, 0.5) is 5.69 Å². The molecule has 24 heavy (non-hydrogen) atoms. The Labute approximate surface area is 150 Å². The molecule has 0 aliphatic carbocycles. The maximum absolute atomic E-state index is 12.1. The van der Waals surface area contributed by atoms with Crippen LogP contribution in [0.5, 0.6) is 0 Å². The second-order valence-electron chi connectivity index (χ2n) is 4.97. The van der Waals surface area contributed by atoms with E-state index in [1.807, 2.05) is 0 Å². The Kier molecular flexibility index (Phi) is 6.04. The topological polar surface area (TPSA) is 92.6 Å². The van der Waals surface area contributed by atoms with Crippen LogP contribution in [0.2, 0.25) is 0 Å². The van der Waals surface area contributed by atoms with Crippen molar-refractivity contribution >= 4 is 44.8 Å². The first-order chi connectivity index (χ1) is 11.4.